The number of amides is 2. The monoisotopic (exact) mass is 190 g/mol. The SMILES string of the molecule is CN(C)C(=O)N/C=C/c1ccccc1. The zero-order valence-electron chi connectivity index (χ0n) is 8.40. The normalized spacial score (nSPS) is 10.1. The maximum atomic E-state index is 11.1. The molecule has 1 aromatic carbocycles. The topological polar surface area (TPSA) is 32.3 Å². The molecule has 0 aliphatic rings. The lowest BCUT2D eigenvalue weighted by molar-refractivity contribution is 0.221. The van der Waals surface area contributed by atoms with Crippen LogP contribution in [0.2, 0.25) is 0 Å². The lowest BCUT2D eigenvalue weighted by Gasteiger charge is -2.08. The summed E-state index contributed by atoms with van der Waals surface area (Å²) >= 11 is 0. The van der Waals surface area contributed by atoms with Gasteiger partial charge in [0, 0.05) is 20.3 Å². The van der Waals surface area contributed by atoms with Gasteiger partial charge < -0.3 is 10.2 Å². The molecule has 3 heteroatoms. The molecule has 0 bridgehead atoms. The summed E-state index contributed by atoms with van der Waals surface area (Å²) in [5, 5.41) is 2.64. The molecule has 0 atom stereocenters. The van der Waals surface area contributed by atoms with Crippen LogP contribution in [-0.2, 0) is 0 Å². The van der Waals surface area contributed by atoms with Crippen LogP contribution >= 0.6 is 0 Å². The second-order valence-electron chi connectivity index (χ2n) is 3.09. The molecule has 0 unspecified atom stereocenters. The highest BCUT2D eigenvalue weighted by molar-refractivity contribution is 5.75. The highest BCUT2D eigenvalue weighted by Gasteiger charge is 1.97. The summed E-state index contributed by atoms with van der Waals surface area (Å²) in [6.45, 7) is 0. The maximum Gasteiger partial charge on any atom is 0.320 e. The van der Waals surface area contributed by atoms with Gasteiger partial charge in [0.15, 0.2) is 0 Å². The molecule has 0 aliphatic carbocycles. The third-order valence-corrected chi connectivity index (χ3v) is 1.69. The Kier molecular flexibility index (Phi) is 3.73. The Hall–Kier alpha value is -1.77. The summed E-state index contributed by atoms with van der Waals surface area (Å²) in [5.74, 6) is 0. The van der Waals surface area contributed by atoms with Gasteiger partial charge in [-0.2, -0.15) is 0 Å². The van der Waals surface area contributed by atoms with Crippen LogP contribution in [0.3, 0.4) is 0 Å². The minimum absolute atomic E-state index is 0.128. The van der Waals surface area contributed by atoms with Crippen molar-refractivity contribution in [2.24, 2.45) is 0 Å². The fourth-order valence-corrected chi connectivity index (χ4v) is 0.902. The average molecular weight is 190 g/mol. The third kappa shape index (κ3) is 3.31. The number of hydrogen-bond acceptors (Lipinski definition) is 1. The van der Waals surface area contributed by atoms with Crippen molar-refractivity contribution in [1.29, 1.82) is 0 Å². The van der Waals surface area contributed by atoms with E-state index in [1.165, 1.54) is 4.90 Å². The number of carbonyl (C=O) groups excluding carboxylic acids is 1. The highest BCUT2D eigenvalue weighted by Crippen LogP contribution is 1.99. The Morgan fingerprint density at radius 3 is 2.50 bits per heavy atom. The van der Waals surface area contributed by atoms with Gasteiger partial charge in [0.1, 0.15) is 0 Å². The van der Waals surface area contributed by atoms with Crippen molar-refractivity contribution in [3.63, 3.8) is 0 Å². The number of nitrogens with zero attached hydrogens (tertiary/aromatic N) is 1. The molecule has 1 N–H and O–H groups in total. The van der Waals surface area contributed by atoms with E-state index < -0.39 is 0 Å². The summed E-state index contributed by atoms with van der Waals surface area (Å²) < 4.78 is 0. The molecule has 0 saturated carbocycles. The van der Waals surface area contributed by atoms with Crippen molar-refractivity contribution >= 4 is 12.1 Å². The van der Waals surface area contributed by atoms with E-state index in [2.05, 4.69) is 5.32 Å². The molecule has 1 aromatic rings. The van der Waals surface area contributed by atoms with Gasteiger partial charge in [0.25, 0.3) is 0 Å². The van der Waals surface area contributed by atoms with Crippen LogP contribution in [0.1, 0.15) is 5.56 Å². The first-order valence-corrected chi connectivity index (χ1v) is 4.39. The lowest BCUT2D eigenvalue weighted by atomic mass is 10.2. The highest BCUT2D eigenvalue weighted by atomic mass is 16.2. The number of hydrogen-bond donors (Lipinski definition) is 1. The number of rotatable bonds is 2. The molecule has 2 amide bonds. The molecule has 0 aromatic heterocycles. The van der Waals surface area contributed by atoms with Crippen LogP contribution in [0.5, 0.6) is 0 Å². The fraction of sp³-hybridized carbons (Fsp3) is 0.182. The smallest absolute Gasteiger partial charge is 0.320 e. The van der Waals surface area contributed by atoms with Crippen LogP contribution in [0.4, 0.5) is 4.79 Å². The summed E-state index contributed by atoms with van der Waals surface area (Å²) in [6, 6.07) is 9.67. The van der Waals surface area contributed by atoms with E-state index in [4.69, 9.17) is 0 Å². The molecule has 74 valence electrons. The van der Waals surface area contributed by atoms with Gasteiger partial charge >= 0.3 is 6.03 Å². The van der Waals surface area contributed by atoms with Gasteiger partial charge in [0.2, 0.25) is 0 Å². The number of carbonyl (C=O) groups is 1. The molecule has 0 saturated heterocycles. The van der Waals surface area contributed by atoms with Gasteiger partial charge in [0.05, 0.1) is 0 Å². The lowest BCUT2D eigenvalue weighted by Crippen LogP contribution is -2.30. The van der Waals surface area contributed by atoms with Gasteiger partial charge in [-0.1, -0.05) is 30.3 Å². The average Bonchev–Trinajstić information content (AvgIpc) is 2.19. The molecular formula is C11H14N2O. The quantitative estimate of drug-likeness (QED) is 0.759. The fourth-order valence-electron chi connectivity index (χ4n) is 0.902. The Balaban J connectivity index is 2.46. The zero-order valence-corrected chi connectivity index (χ0v) is 8.40. The predicted octanol–water partition coefficient (Wildman–Crippen LogP) is 1.93. The van der Waals surface area contributed by atoms with E-state index in [-0.39, 0.29) is 6.03 Å². The number of benzene rings is 1. The van der Waals surface area contributed by atoms with Gasteiger partial charge in [-0.15, -0.1) is 0 Å². The minimum Gasteiger partial charge on any atom is -0.331 e. The third-order valence-electron chi connectivity index (χ3n) is 1.69. The molecule has 1 rings (SSSR count). The van der Waals surface area contributed by atoms with E-state index in [1.54, 1.807) is 20.3 Å². The molecule has 0 spiro atoms. The van der Waals surface area contributed by atoms with Crippen LogP contribution in [0.15, 0.2) is 36.5 Å². The van der Waals surface area contributed by atoms with Crippen molar-refractivity contribution in [1.82, 2.24) is 10.2 Å². The van der Waals surface area contributed by atoms with E-state index >= 15 is 0 Å². The van der Waals surface area contributed by atoms with Crippen molar-refractivity contribution in [2.45, 2.75) is 0 Å². The van der Waals surface area contributed by atoms with Gasteiger partial charge in [-0.3, -0.25) is 0 Å². The van der Waals surface area contributed by atoms with Crippen molar-refractivity contribution in [2.75, 3.05) is 14.1 Å². The Bertz CT molecular complexity index is 317. The Morgan fingerprint density at radius 1 is 1.29 bits per heavy atom. The van der Waals surface area contributed by atoms with E-state index in [9.17, 15) is 4.79 Å². The number of urea groups is 1. The molecule has 0 aliphatic heterocycles. The van der Waals surface area contributed by atoms with Crippen molar-refractivity contribution in [3.05, 3.63) is 42.1 Å². The maximum absolute atomic E-state index is 11.1. The van der Waals surface area contributed by atoms with Crippen LogP contribution in [-0.4, -0.2) is 25.0 Å². The van der Waals surface area contributed by atoms with E-state index in [0.29, 0.717) is 0 Å². The van der Waals surface area contributed by atoms with E-state index in [1.807, 2.05) is 36.4 Å². The standard InChI is InChI=1S/C11H14N2O/c1-13(2)11(14)12-9-8-10-6-4-3-5-7-10/h3-9H,1-2H3,(H,12,14)/b9-8+. The number of nitrogens with one attached hydrogen (secondary N) is 1. The van der Waals surface area contributed by atoms with Crippen molar-refractivity contribution in [3.8, 4) is 0 Å². The summed E-state index contributed by atoms with van der Waals surface area (Å²) in [7, 11) is 3.40. The largest absolute Gasteiger partial charge is 0.331 e. The second-order valence-corrected chi connectivity index (χ2v) is 3.09. The molecule has 0 heterocycles. The first kappa shape index (κ1) is 10.3. The molecule has 0 radical (unpaired) electrons. The van der Waals surface area contributed by atoms with Crippen LogP contribution in [0, 0.1) is 0 Å². The summed E-state index contributed by atoms with van der Waals surface area (Å²) in [6.07, 6.45) is 3.49. The predicted molar refractivity (Wildman–Crippen MR) is 57.7 cm³/mol. The first-order chi connectivity index (χ1) is 6.70. The first-order valence-electron chi connectivity index (χ1n) is 4.39. The zero-order chi connectivity index (χ0) is 10.4. The van der Waals surface area contributed by atoms with Gasteiger partial charge in [-0.25, -0.2) is 4.79 Å². The Morgan fingerprint density at radius 2 is 1.93 bits per heavy atom. The van der Waals surface area contributed by atoms with Crippen LogP contribution in [0.25, 0.3) is 6.08 Å². The summed E-state index contributed by atoms with van der Waals surface area (Å²) in [5.41, 5.74) is 1.06. The van der Waals surface area contributed by atoms with Gasteiger partial charge in [-0.05, 0) is 11.6 Å². The van der Waals surface area contributed by atoms with Crippen LogP contribution < -0.4 is 5.32 Å². The molecule has 3 nitrogen and oxygen atoms in total. The molecular weight excluding hydrogens is 176 g/mol. The summed E-state index contributed by atoms with van der Waals surface area (Å²) in [4.78, 5) is 12.6. The second kappa shape index (κ2) is 5.07. The molecule has 0 fully saturated rings. The van der Waals surface area contributed by atoms with E-state index in [0.717, 1.165) is 5.56 Å². The minimum atomic E-state index is -0.128. The molecule has 14 heavy (non-hydrogen) atoms. The van der Waals surface area contributed by atoms with Crippen molar-refractivity contribution < 1.29 is 4.79 Å². The Labute approximate surface area is 84.0 Å².